The summed E-state index contributed by atoms with van der Waals surface area (Å²) < 4.78 is 0. The number of thiophene rings is 1. The van der Waals surface area contributed by atoms with Crippen LogP contribution < -0.4 is 5.32 Å². The SMILES string of the molecule is CCC(NC1CC1CC)c1cccs1. The molecule has 0 spiro atoms. The third-order valence-electron chi connectivity index (χ3n) is 3.16. The Labute approximate surface area is 90.5 Å². The molecule has 0 amide bonds. The average Bonchev–Trinajstić information content (AvgIpc) is 2.74. The molecular weight excluding hydrogens is 190 g/mol. The fourth-order valence-corrected chi connectivity index (χ4v) is 2.92. The lowest BCUT2D eigenvalue weighted by molar-refractivity contribution is 0.501. The van der Waals surface area contributed by atoms with Crippen molar-refractivity contribution in [1.82, 2.24) is 5.32 Å². The first-order valence-electron chi connectivity index (χ1n) is 5.64. The highest BCUT2D eigenvalue weighted by molar-refractivity contribution is 7.10. The van der Waals surface area contributed by atoms with E-state index in [1.54, 1.807) is 0 Å². The summed E-state index contributed by atoms with van der Waals surface area (Å²) in [5, 5.41) is 5.92. The summed E-state index contributed by atoms with van der Waals surface area (Å²) in [4.78, 5) is 1.49. The maximum atomic E-state index is 3.75. The summed E-state index contributed by atoms with van der Waals surface area (Å²) in [6.07, 6.45) is 3.92. The van der Waals surface area contributed by atoms with Crippen LogP contribution in [0, 0.1) is 5.92 Å². The van der Waals surface area contributed by atoms with E-state index < -0.39 is 0 Å². The van der Waals surface area contributed by atoms with E-state index in [9.17, 15) is 0 Å². The standard InChI is InChI=1S/C12H19NS/c1-3-9-8-11(9)13-10(4-2)12-6-5-7-14-12/h5-7,9-11,13H,3-4,8H2,1-2H3. The van der Waals surface area contributed by atoms with E-state index in [0.29, 0.717) is 6.04 Å². The van der Waals surface area contributed by atoms with Crippen LogP contribution in [0.3, 0.4) is 0 Å². The van der Waals surface area contributed by atoms with Crippen LogP contribution in [0.4, 0.5) is 0 Å². The van der Waals surface area contributed by atoms with Gasteiger partial charge in [0.1, 0.15) is 0 Å². The molecule has 1 aliphatic rings. The van der Waals surface area contributed by atoms with Gasteiger partial charge in [0.05, 0.1) is 0 Å². The predicted octanol–water partition coefficient (Wildman–Crippen LogP) is 3.59. The van der Waals surface area contributed by atoms with Crippen LogP contribution in [0.15, 0.2) is 17.5 Å². The molecule has 1 N–H and O–H groups in total. The van der Waals surface area contributed by atoms with Gasteiger partial charge in [-0.2, -0.15) is 0 Å². The van der Waals surface area contributed by atoms with Gasteiger partial charge in [0.2, 0.25) is 0 Å². The third kappa shape index (κ3) is 2.18. The van der Waals surface area contributed by atoms with Gasteiger partial charge in [-0.25, -0.2) is 0 Å². The van der Waals surface area contributed by atoms with E-state index in [0.717, 1.165) is 12.0 Å². The summed E-state index contributed by atoms with van der Waals surface area (Å²) in [5.74, 6) is 0.948. The Bertz CT molecular complexity index is 268. The monoisotopic (exact) mass is 209 g/mol. The van der Waals surface area contributed by atoms with Crippen molar-refractivity contribution in [3.05, 3.63) is 22.4 Å². The van der Waals surface area contributed by atoms with Gasteiger partial charge in [-0.15, -0.1) is 11.3 Å². The molecule has 2 rings (SSSR count). The van der Waals surface area contributed by atoms with Crippen LogP contribution in [0.5, 0.6) is 0 Å². The van der Waals surface area contributed by atoms with Gasteiger partial charge in [0.15, 0.2) is 0 Å². The zero-order valence-electron chi connectivity index (χ0n) is 8.99. The Morgan fingerprint density at radius 3 is 2.93 bits per heavy atom. The van der Waals surface area contributed by atoms with Crippen LogP contribution in [-0.4, -0.2) is 6.04 Å². The summed E-state index contributed by atoms with van der Waals surface area (Å²) >= 11 is 1.87. The first-order chi connectivity index (χ1) is 6.85. The second kappa shape index (κ2) is 4.45. The quantitative estimate of drug-likeness (QED) is 0.781. The van der Waals surface area contributed by atoms with Crippen molar-refractivity contribution in [1.29, 1.82) is 0 Å². The summed E-state index contributed by atoms with van der Waals surface area (Å²) in [6.45, 7) is 4.55. The zero-order valence-corrected chi connectivity index (χ0v) is 9.81. The minimum atomic E-state index is 0.594. The number of rotatable bonds is 5. The summed E-state index contributed by atoms with van der Waals surface area (Å²) in [5.41, 5.74) is 0. The third-order valence-corrected chi connectivity index (χ3v) is 4.14. The minimum Gasteiger partial charge on any atom is -0.306 e. The molecule has 3 unspecified atom stereocenters. The Morgan fingerprint density at radius 2 is 2.43 bits per heavy atom. The minimum absolute atomic E-state index is 0.594. The van der Waals surface area contributed by atoms with E-state index in [-0.39, 0.29) is 0 Å². The molecule has 0 saturated heterocycles. The molecule has 0 aromatic carbocycles. The normalized spacial score (nSPS) is 27.6. The molecule has 1 fully saturated rings. The largest absolute Gasteiger partial charge is 0.306 e. The van der Waals surface area contributed by atoms with Crippen molar-refractivity contribution in [2.75, 3.05) is 0 Å². The lowest BCUT2D eigenvalue weighted by atomic mass is 10.2. The van der Waals surface area contributed by atoms with Crippen molar-refractivity contribution in [3.63, 3.8) is 0 Å². The molecule has 0 radical (unpaired) electrons. The number of nitrogens with one attached hydrogen (secondary N) is 1. The summed E-state index contributed by atoms with van der Waals surface area (Å²) in [7, 11) is 0. The van der Waals surface area contributed by atoms with Crippen LogP contribution in [0.25, 0.3) is 0 Å². The maximum Gasteiger partial charge on any atom is 0.0414 e. The van der Waals surface area contributed by atoms with Gasteiger partial charge in [-0.05, 0) is 30.2 Å². The molecule has 0 aliphatic heterocycles. The van der Waals surface area contributed by atoms with Crippen molar-refractivity contribution >= 4 is 11.3 Å². The van der Waals surface area contributed by atoms with Crippen molar-refractivity contribution in [2.24, 2.45) is 5.92 Å². The highest BCUT2D eigenvalue weighted by Crippen LogP contribution is 2.36. The van der Waals surface area contributed by atoms with E-state index in [1.807, 2.05) is 11.3 Å². The molecule has 1 aromatic rings. The maximum absolute atomic E-state index is 3.75. The fraction of sp³-hybridized carbons (Fsp3) is 0.667. The highest BCUT2D eigenvalue weighted by Gasteiger charge is 2.36. The van der Waals surface area contributed by atoms with Crippen molar-refractivity contribution in [2.45, 2.75) is 45.2 Å². The lowest BCUT2D eigenvalue weighted by Gasteiger charge is -2.15. The molecule has 1 aliphatic carbocycles. The average molecular weight is 209 g/mol. The van der Waals surface area contributed by atoms with Gasteiger partial charge in [-0.1, -0.05) is 26.3 Å². The second-order valence-corrected chi connectivity index (χ2v) is 5.13. The molecule has 3 atom stereocenters. The van der Waals surface area contributed by atoms with E-state index in [1.165, 1.54) is 24.1 Å². The molecule has 0 bridgehead atoms. The molecule has 1 saturated carbocycles. The van der Waals surface area contributed by atoms with Crippen LogP contribution in [0.1, 0.15) is 44.0 Å². The molecular formula is C12H19NS. The van der Waals surface area contributed by atoms with Crippen LogP contribution in [0.2, 0.25) is 0 Å². The van der Waals surface area contributed by atoms with Crippen LogP contribution >= 0.6 is 11.3 Å². The molecule has 1 heterocycles. The Kier molecular flexibility index (Phi) is 3.24. The second-order valence-electron chi connectivity index (χ2n) is 4.15. The van der Waals surface area contributed by atoms with E-state index in [2.05, 4.69) is 36.7 Å². The van der Waals surface area contributed by atoms with Gasteiger partial charge >= 0.3 is 0 Å². The van der Waals surface area contributed by atoms with Crippen molar-refractivity contribution < 1.29 is 0 Å². The fourth-order valence-electron chi connectivity index (χ4n) is 2.05. The van der Waals surface area contributed by atoms with E-state index >= 15 is 0 Å². The molecule has 1 aromatic heterocycles. The Balaban J connectivity index is 1.89. The topological polar surface area (TPSA) is 12.0 Å². The number of hydrogen-bond donors (Lipinski definition) is 1. The van der Waals surface area contributed by atoms with Crippen molar-refractivity contribution in [3.8, 4) is 0 Å². The van der Waals surface area contributed by atoms with Gasteiger partial charge in [0, 0.05) is 17.0 Å². The Hall–Kier alpha value is -0.340. The molecule has 14 heavy (non-hydrogen) atoms. The zero-order chi connectivity index (χ0) is 9.97. The lowest BCUT2D eigenvalue weighted by Crippen LogP contribution is -2.23. The van der Waals surface area contributed by atoms with Gasteiger partial charge in [0.25, 0.3) is 0 Å². The van der Waals surface area contributed by atoms with E-state index in [4.69, 9.17) is 0 Å². The number of hydrogen-bond acceptors (Lipinski definition) is 2. The first-order valence-corrected chi connectivity index (χ1v) is 6.52. The highest BCUT2D eigenvalue weighted by atomic mass is 32.1. The smallest absolute Gasteiger partial charge is 0.0414 e. The van der Waals surface area contributed by atoms with Gasteiger partial charge in [-0.3, -0.25) is 0 Å². The molecule has 1 nitrogen and oxygen atoms in total. The van der Waals surface area contributed by atoms with Gasteiger partial charge < -0.3 is 5.32 Å². The molecule has 2 heteroatoms. The summed E-state index contributed by atoms with van der Waals surface area (Å²) in [6, 6.07) is 5.78. The molecule has 78 valence electrons. The Morgan fingerprint density at radius 1 is 1.57 bits per heavy atom. The predicted molar refractivity (Wildman–Crippen MR) is 62.7 cm³/mol. The van der Waals surface area contributed by atoms with Crippen LogP contribution in [-0.2, 0) is 0 Å². The first kappa shape index (κ1) is 10.2.